The van der Waals surface area contributed by atoms with Gasteiger partial charge in [0.15, 0.2) is 17.5 Å². The summed E-state index contributed by atoms with van der Waals surface area (Å²) in [6.45, 7) is 4.59. The fourth-order valence-electron chi connectivity index (χ4n) is 3.49. The number of nitrogens with zero attached hydrogens (tertiary/aromatic N) is 4. The number of hydrogen-bond acceptors (Lipinski definition) is 5. The SMILES string of the molecule is COc1ccc(CN2CCN(C(=NCC(=O)N(C)C)NCCc3ccco3)CC2)cc1F. The van der Waals surface area contributed by atoms with E-state index in [-0.39, 0.29) is 24.0 Å². The quantitative estimate of drug-likeness (QED) is 0.494. The molecule has 1 N–H and O–H groups in total. The molecule has 174 valence electrons. The van der Waals surface area contributed by atoms with Gasteiger partial charge in [-0.1, -0.05) is 6.07 Å². The fourth-order valence-corrected chi connectivity index (χ4v) is 3.49. The van der Waals surface area contributed by atoms with E-state index in [1.165, 1.54) is 18.1 Å². The summed E-state index contributed by atoms with van der Waals surface area (Å²) in [5.41, 5.74) is 0.916. The van der Waals surface area contributed by atoms with E-state index in [9.17, 15) is 9.18 Å². The van der Waals surface area contributed by atoms with Gasteiger partial charge in [-0.3, -0.25) is 9.69 Å². The normalized spacial score (nSPS) is 15.0. The average Bonchev–Trinajstić information content (AvgIpc) is 3.30. The number of amides is 1. The van der Waals surface area contributed by atoms with E-state index >= 15 is 0 Å². The van der Waals surface area contributed by atoms with E-state index in [0.29, 0.717) is 13.1 Å². The zero-order valence-corrected chi connectivity index (χ0v) is 19.0. The van der Waals surface area contributed by atoms with Gasteiger partial charge in [0.25, 0.3) is 0 Å². The minimum Gasteiger partial charge on any atom is -0.494 e. The Balaban J connectivity index is 1.56. The van der Waals surface area contributed by atoms with Crippen LogP contribution in [-0.2, 0) is 17.8 Å². The molecule has 1 saturated heterocycles. The molecular weight excluding hydrogens is 413 g/mol. The van der Waals surface area contributed by atoms with Crippen molar-refractivity contribution in [1.29, 1.82) is 0 Å². The first kappa shape index (κ1) is 23.6. The van der Waals surface area contributed by atoms with Crippen molar-refractivity contribution in [2.45, 2.75) is 13.0 Å². The second-order valence-electron chi connectivity index (χ2n) is 7.92. The van der Waals surface area contributed by atoms with Crippen molar-refractivity contribution in [2.24, 2.45) is 4.99 Å². The summed E-state index contributed by atoms with van der Waals surface area (Å²) in [6, 6.07) is 8.89. The number of likely N-dealkylation sites (N-methyl/N-ethyl adjacent to an activating group) is 1. The molecule has 1 aliphatic rings. The van der Waals surface area contributed by atoms with Gasteiger partial charge in [-0.15, -0.1) is 0 Å². The summed E-state index contributed by atoms with van der Waals surface area (Å²) >= 11 is 0. The van der Waals surface area contributed by atoms with Gasteiger partial charge in [-0.2, -0.15) is 0 Å². The Kier molecular flexibility index (Phi) is 8.49. The van der Waals surface area contributed by atoms with Crippen molar-refractivity contribution in [3.8, 4) is 5.75 Å². The molecule has 2 aromatic rings. The van der Waals surface area contributed by atoms with Gasteiger partial charge >= 0.3 is 0 Å². The van der Waals surface area contributed by atoms with Gasteiger partial charge < -0.3 is 24.3 Å². The summed E-state index contributed by atoms with van der Waals surface area (Å²) in [7, 11) is 4.91. The molecule has 0 bridgehead atoms. The lowest BCUT2D eigenvalue weighted by Gasteiger charge is -2.36. The van der Waals surface area contributed by atoms with Crippen LogP contribution in [0.4, 0.5) is 4.39 Å². The van der Waals surface area contributed by atoms with Crippen LogP contribution in [0.3, 0.4) is 0 Å². The number of hydrogen-bond donors (Lipinski definition) is 1. The molecule has 32 heavy (non-hydrogen) atoms. The molecule has 0 radical (unpaired) electrons. The second-order valence-corrected chi connectivity index (χ2v) is 7.92. The molecule has 0 aliphatic carbocycles. The maximum absolute atomic E-state index is 14.0. The smallest absolute Gasteiger partial charge is 0.243 e. The molecule has 9 heteroatoms. The first-order valence-corrected chi connectivity index (χ1v) is 10.8. The highest BCUT2D eigenvalue weighted by molar-refractivity contribution is 5.85. The molecule has 0 spiro atoms. The van der Waals surface area contributed by atoms with Crippen molar-refractivity contribution in [3.63, 3.8) is 0 Å². The number of carbonyl (C=O) groups excluding carboxylic acids is 1. The van der Waals surface area contributed by atoms with Crippen molar-refractivity contribution in [1.82, 2.24) is 20.0 Å². The lowest BCUT2D eigenvalue weighted by molar-refractivity contribution is -0.127. The highest BCUT2D eigenvalue weighted by atomic mass is 19.1. The molecule has 1 aromatic carbocycles. The molecular formula is C23H32FN5O3. The summed E-state index contributed by atoms with van der Waals surface area (Å²) in [5, 5.41) is 3.37. The van der Waals surface area contributed by atoms with E-state index in [2.05, 4.69) is 20.1 Å². The van der Waals surface area contributed by atoms with Crippen LogP contribution in [0.1, 0.15) is 11.3 Å². The van der Waals surface area contributed by atoms with Crippen molar-refractivity contribution in [3.05, 3.63) is 53.7 Å². The predicted octanol–water partition coefficient (Wildman–Crippen LogP) is 1.82. The molecule has 2 heterocycles. The Morgan fingerprint density at radius 2 is 2.03 bits per heavy atom. The predicted molar refractivity (Wildman–Crippen MR) is 121 cm³/mol. The van der Waals surface area contributed by atoms with Crippen LogP contribution >= 0.6 is 0 Å². The Morgan fingerprint density at radius 1 is 1.25 bits per heavy atom. The highest BCUT2D eigenvalue weighted by Crippen LogP contribution is 2.19. The van der Waals surface area contributed by atoms with Crippen molar-refractivity contribution < 1.29 is 18.3 Å². The third-order valence-electron chi connectivity index (χ3n) is 5.39. The van der Waals surface area contributed by atoms with E-state index in [1.54, 1.807) is 26.4 Å². The molecule has 0 saturated carbocycles. The average molecular weight is 446 g/mol. The van der Waals surface area contributed by atoms with E-state index in [4.69, 9.17) is 9.15 Å². The van der Waals surface area contributed by atoms with Crippen molar-refractivity contribution >= 4 is 11.9 Å². The van der Waals surface area contributed by atoms with E-state index in [0.717, 1.165) is 49.9 Å². The molecule has 1 amide bonds. The Morgan fingerprint density at radius 3 is 2.66 bits per heavy atom. The summed E-state index contributed by atoms with van der Waals surface area (Å²) < 4.78 is 24.4. The second kappa shape index (κ2) is 11.5. The lowest BCUT2D eigenvalue weighted by atomic mass is 10.2. The van der Waals surface area contributed by atoms with Crippen LogP contribution in [0, 0.1) is 5.82 Å². The number of aliphatic imine (C=N–C) groups is 1. The molecule has 8 nitrogen and oxygen atoms in total. The van der Waals surface area contributed by atoms with E-state index < -0.39 is 0 Å². The van der Waals surface area contributed by atoms with Crippen LogP contribution in [0.15, 0.2) is 46.0 Å². The minimum atomic E-state index is -0.343. The van der Waals surface area contributed by atoms with Gasteiger partial charge in [0.05, 0.1) is 13.4 Å². The third kappa shape index (κ3) is 6.71. The summed E-state index contributed by atoms with van der Waals surface area (Å²) in [6.07, 6.45) is 2.39. The van der Waals surface area contributed by atoms with Crippen LogP contribution in [0.25, 0.3) is 0 Å². The van der Waals surface area contributed by atoms with Crippen LogP contribution in [-0.4, -0.2) is 87.0 Å². The van der Waals surface area contributed by atoms with Crippen molar-refractivity contribution in [2.75, 3.05) is 60.5 Å². The zero-order valence-electron chi connectivity index (χ0n) is 19.0. The number of ether oxygens (including phenoxy) is 1. The standard InChI is InChI=1S/C23H32FN5O3/c1-27(2)22(30)16-26-23(25-9-8-19-5-4-14-32-19)29-12-10-28(11-13-29)17-18-6-7-21(31-3)20(24)15-18/h4-7,14-15H,8-13,16-17H2,1-3H3,(H,25,26). The number of methoxy groups -OCH3 is 1. The number of furan rings is 1. The summed E-state index contributed by atoms with van der Waals surface area (Å²) in [4.78, 5) is 22.6. The first-order chi connectivity index (χ1) is 15.5. The number of halogens is 1. The number of nitrogens with one attached hydrogen (secondary N) is 1. The monoisotopic (exact) mass is 445 g/mol. The highest BCUT2D eigenvalue weighted by Gasteiger charge is 2.21. The number of guanidine groups is 1. The van der Waals surface area contributed by atoms with Gasteiger partial charge in [0.1, 0.15) is 12.3 Å². The molecule has 3 rings (SSSR count). The number of piperazine rings is 1. The Labute approximate surface area is 188 Å². The minimum absolute atomic E-state index is 0.0458. The number of carbonyl (C=O) groups is 1. The fraction of sp³-hybridized carbons (Fsp3) is 0.478. The van der Waals surface area contributed by atoms with Crippen LogP contribution in [0.2, 0.25) is 0 Å². The summed E-state index contributed by atoms with van der Waals surface area (Å²) in [5.74, 6) is 1.49. The molecule has 0 atom stereocenters. The largest absolute Gasteiger partial charge is 0.494 e. The first-order valence-electron chi connectivity index (χ1n) is 10.8. The van der Waals surface area contributed by atoms with Gasteiger partial charge in [0.2, 0.25) is 5.91 Å². The number of benzene rings is 1. The zero-order chi connectivity index (χ0) is 22.9. The Bertz CT molecular complexity index is 893. The molecule has 1 aliphatic heterocycles. The molecule has 1 aromatic heterocycles. The molecule has 1 fully saturated rings. The van der Waals surface area contributed by atoms with Gasteiger partial charge in [-0.25, -0.2) is 9.38 Å². The van der Waals surface area contributed by atoms with E-state index in [1.807, 2.05) is 18.2 Å². The maximum Gasteiger partial charge on any atom is 0.243 e. The topological polar surface area (TPSA) is 73.6 Å². The van der Waals surface area contributed by atoms with Crippen LogP contribution < -0.4 is 10.1 Å². The lowest BCUT2D eigenvalue weighted by Crippen LogP contribution is -2.52. The molecule has 0 unspecified atom stereocenters. The number of rotatable bonds is 8. The third-order valence-corrected chi connectivity index (χ3v) is 5.39. The van der Waals surface area contributed by atoms with Gasteiger partial charge in [-0.05, 0) is 29.8 Å². The van der Waals surface area contributed by atoms with Gasteiger partial charge in [0, 0.05) is 59.8 Å². The Hall–Kier alpha value is -3.07. The maximum atomic E-state index is 14.0. The van der Waals surface area contributed by atoms with Crippen LogP contribution in [0.5, 0.6) is 5.75 Å².